The average molecular weight is 297 g/mol. The molecule has 0 bridgehead atoms. The second-order valence-corrected chi connectivity index (χ2v) is 5.70. The van der Waals surface area contributed by atoms with E-state index in [2.05, 4.69) is 22.1 Å². The number of aromatic amines is 1. The molecule has 102 valence electrons. The summed E-state index contributed by atoms with van der Waals surface area (Å²) in [5.74, 6) is 0.753. The maximum atomic E-state index is 11.4. The Hall–Kier alpha value is -1.34. The number of thioether (sulfide) groups is 1. The number of nitrogens with zero attached hydrogens (tertiary/aromatic N) is 2. The molecule has 0 amide bonds. The van der Waals surface area contributed by atoms with Crippen LogP contribution in [0.3, 0.4) is 0 Å². The predicted molar refractivity (Wildman–Crippen MR) is 76.3 cm³/mol. The summed E-state index contributed by atoms with van der Waals surface area (Å²) >= 11 is 2.87. The molecular formula is C12H15N3O2S2. The number of thiophene rings is 1. The molecular weight excluding hydrogens is 282 g/mol. The van der Waals surface area contributed by atoms with Crippen LogP contribution in [0.5, 0.6) is 0 Å². The van der Waals surface area contributed by atoms with Crippen LogP contribution < -0.4 is 0 Å². The van der Waals surface area contributed by atoms with E-state index in [4.69, 9.17) is 4.74 Å². The molecule has 0 saturated heterocycles. The number of carbonyl (C=O) groups is 1. The lowest BCUT2D eigenvalue weighted by atomic mass is 10.4. The van der Waals surface area contributed by atoms with Crippen molar-refractivity contribution in [2.75, 3.05) is 12.4 Å². The molecule has 1 N–H and O–H groups in total. The zero-order valence-corrected chi connectivity index (χ0v) is 12.2. The number of carbonyl (C=O) groups excluding carboxylic acids is 1. The third-order valence-electron chi connectivity index (χ3n) is 2.30. The van der Waals surface area contributed by atoms with Crippen LogP contribution in [0.4, 0.5) is 0 Å². The quantitative estimate of drug-likeness (QED) is 0.483. The molecule has 5 nitrogen and oxygen atoms in total. The first-order chi connectivity index (χ1) is 9.29. The van der Waals surface area contributed by atoms with Crippen LogP contribution in [0.2, 0.25) is 0 Å². The zero-order valence-electron chi connectivity index (χ0n) is 10.6. The number of rotatable bonds is 7. The minimum absolute atomic E-state index is 0.221. The van der Waals surface area contributed by atoms with Crippen molar-refractivity contribution in [3.8, 4) is 10.7 Å². The Morgan fingerprint density at radius 2 is 2.47 bits per heavy atom. The molecule has 0 aliphatic carbocycles. The van der Waals surface area contributed by atoms with E-state index < -0.39 is 0 Å². The molecule has 0 aliphatic rings. The van der Waals surface area contributed by atoms with Gasteiger partial charge < -0.3 is 4.74 Å². The standard InChI is InChI=1S/C12H15N3O2S2/c1-2-3-6-17-10(16)8-19-12-13-11(14-15-12)9-5-4-7-18-9/h4-5,7H,2-3,6,8H2,1H3,(H,13,14,15). The highest BCUT2D eigenvalue weighted by Crippen LogP contribution is 2.23. The first-order valence-electron chi connectivity index (χ1n) is 6.04. The van der Waals surface area contributed by atoms with Gasteiger partial charge in [-0.2, -0.15) is 0 Å². The second kappa shape index (κ2) is 7.30. The highest BCUT2D eigenvalue weighted by molar-refractivity contribution is 7.99. The fourth-order valence-electron chi connectivity index (χ4n) is 1.33. The minimum Gasteiger partial charge on any atom is -0.465 e. The zero-order chi connectivity index (χ0) is 13.5. The van der Waals surface area contributed by atoms with E-state index in [0.29, 0.717) is 11.8 Å². The molecule has 0 aromatic carbocycles. The maximum Gasteiger partial charge on any atom is 0.316 e. The van der Waals surface area contributed by atoms with Crippen LogP contribution >= 0.6 is 23.1 Å². The molecule has 0 spiro atoms. The number of unbranched alkanes of at least 4 members (excludes halogenated alkanes) is 1. The Bertz CT molecular complexity index is 511. The second-order valence-electron chi connectivity index (χ2n) is 3.81. The summed E-state index contributed by atoms with van der Waals surface area (Å²) in [7, 11) is 0. The minimum atomic E-state index is -0.221. The number of ether oxygens (including phenoxy) is 1. The van der Waals surface area contributed by atoms with E-state index in [-0.39, 0.29) is 11.7 Å². The van der Waals surface area contributed by atoms with Gasteiger partial charge in [0.2, 0.25) is 5.16 Å². The Balaban J connectivity index is 1.79. The number of esters is 1. The van der Waals surface area contributed by atoms with Crippen LogP contribution in [-0.2, 0) is 9.53 Å². The van der Waals surface area contributed by atoms with Crippen molar-refractivity contribution in [2.24, 2.45) is 0 Å². The summed E-state index contributed by atoms with van der Waals surface area (Å²) in [5, 5.41) is 9.47. The molecule has 7 heteroatoms. The van der Waals surface area contributed by atoms with E-state index in [1.807, 2.05) is 17.5 Å². The summed E-state index contributed by atoms with van der Waals surface area (Å²) in [6.45, 7) is 2.55. The molecule has 0 fully saturated rings. The number of nitrogens with one attached hydrogen (secondary N) is 1. The van der Waals surface area contributed by atoms with E-state index in [9.17, 15) is 4.79 Å². The summed E-state index contributed by atoms with van der Waals surface area (Å²) in [6.07, 6.45) is 1.92. The summed E-state index contributed by atoms with van der Waals surface area (Å²) < 4.78 is 5.06. The molecule has 0 atom stereocenters. The smallest absolute Gasteiger partial charge is 0.316 e. The lowest BCUT2D eigenvalue weighted by Gasteiger charge is -2.01. The van der Waals surface area contributed by atoms with Crippen molar-refractivity contribution in [2.45, 2.75) is 24.9 Å². The third kappa shape index (κ3) is 4.36. The Labute approximate surface area is 119 Å². The maximum absolute atomic E-state index is 11.4. The van der Waals surface area contributed by atoms with Crippen molar-refractivity contribution in [3.05, 3.63) is 17.5 Å². The molecule has 0 unspecified atom stereocenters. The summed E-state index contributed by atoms with van der Waals surface area (Å²) in [6, 6.07) is 3.93. The fourth-order valence-corrected chi connectivity index (χ4v) is 2.59. The van der Waals surface area contributed by atoms with Gasteiger partial charge in [0.25, 0.3) is 0 Å². The first-order valence-corrected chi connectivity index (χ1v) is 7.91. The van der Waals surface area contributed by atoms with Gasteiger partial charge in [-0.3, -0.25) is 9.89 Å². The molecule has 0 radical (unpaired) electrons. The van der Waals surface area contributed by atoms with Crippen LogP contribution in [0, 0.1) is 0 Å². The van der Waals surface area contributed by atoms with Gasteiger partial charge in [0.1, 0.15) is 0 Å². The Morgan fingerprint density at radius 3 is 3.21 bits per heavy atom. The summed E-state index contributed by atoms with van der Waals surface area (Å²) in [5.41, 5.74) is 0. The topological polar surface area (TPSA) is 67.9 Å². The van der Waals surface area contributed by atoms with Crippen molar-refractivity contribution in [1.29, 1.82) is 0 Å². The van der Waals surface area contributed by atoms with Gasteiger partial charge >= 0.3 is 5.97 Å². The van der Waals surface area contributed by atoms with Gasteiger partial charge in [-0.25, -0.2) is 4.98 Å². The van der Waals surface area contributed by atoms with Gasteiger partial charge in [0.05, 0.1) is 17.2 Å². The SMILES string of the molecule is CCCCOC(=O)CSc1n[nH]c(-c2cccs2)n1. The monoisotopic (exact) mass is 297 g/mol. The Kier molecular flexibility index (Phi) is 5.41. The van der Waals surface area contributed by atoms with Crippen LogP contribution in [0.1, 0.15) is 19.8 Å². The summed E-state index contributed by atoms with van der Waals surface area (Å²) in [4.78, 5) is 16.8. The van der Waals surface area contributed by atoms with Crippen molar-refractivity contribution in [3.63, 3.8) is 0 Å². The number of H-pyrrole nitrogens is 1. The van der Waals surface area contributed by atoms with Gasteiger partial charge in [-0.1, -0.05) is 31.2 Å². The van der Waals surface area contributed by atoms with Gasteiger partial charge in [0, 0.05) is 0 Å². The van der Waals surface area contributed by atoms with E-state index >= 15 is 0 Å². The van der Waals surface area contributed by atoms with Gasteiger partial charge in [0.15, 0.2) is 5.82 Å². The largest absolute Gasteiger partial charge is 0.465 e. The molecule has 0 aliphatic heterocycles. The molecule has 2 aromatic rings. The van der Waals surface area contributed by atoms with Crippen LogP contribution in [0.25, 0.3) is 10.7 Å². The predicted octanol–water partition coefficient (Wildman–Crippen LogP) is 2.97. The van der Waals surface area contributed by atoms with Crippen molar-refractivity contribution in [1.82, 2.24) is 15.2 Å². The lowest BCUT2D eigenvalue weighted by molar-refractivity contribution is -0.140. The lowest BCUT2D eigenvalue weighted by Crippen LogP contribution is -2.08. The third-order valence-corrected chi connectivity index (χ3v) is 4.00. The highest BCUT2D eigenvalue weighted by atomic mass is 32.2. The molecule has 0 saturated carbocycles. The molecule has 2 aromatic heterocycles. The van der Waals surface area contributed by atoms with Crippen molar-refractivity contribution >= 4 is 29.1 Å². The fraction of sp³-hybridized carbons (Fsp3) is 0.417. The Morgan fingerprint density at radius 1 is 1.58 bits per heavy atom. The average Bonchev–Trinajstić information content (AvgIpc) is 3.07. The number of aromatic nitrogens is 3. The highest BCUT2D eigenvalue weighted by Gasteiger charge is 2.09. The normalized spacial score (nSPS) is 10.6. The number of hydrogen-bond acceptors (Lipinski definition) is 6. The van der Waals surface area contributed by atoms with E-state index in [1.165, 1.54) is 11.8 Å². The van der Waals surface area contributed by atoms with E-state index in [1.54, 1.807) is 11.3 Å². The number of hydrogen-bond donors (Lipinski definition) is 1. The van der Waals surface area contributed by atoms with E-state index in [0.717, 1.165) is 23.5 Å². The van der Waals surface area contributed by atoms with Gasteiger partial charge in [-0.15, -0.1) is 16.4 Å². The van der Waals surface area contributed by atoms with Gasteiger partial charge in [-0.05, 0) is 17.9 Å². The van der Waals surface area contributed by atoms with Crippen molar-refractivity contribution < 1.29 is 9.53 Å². The van der Waals surface area contributed by atoms with Crippen LogP contribution in [-0.4, -0.2) is 33.5 Å². The molecule has 19 heavy (non-hydrogen) atoms. The first kappa shape index (κ1) is 14.1. The molecule has 2 heterocycles. The van der Waals surface area contributed by atoms with Crippen LogP contribution in [0.15, 0.2) is 22.7 Å². The molecule has 2 rings (SSSR count).